The van der Waals surface area contributed by atoms with Gasteiger partial charge in [-0.05, 0) is 63.3 Å². The Hall–Kier alpha value is -2.40. The third kappa shape index (κ3) is 8.56. The van der Waals surface area contributed by atoms with Gasteiger partial charge in [-0.3, -0.25) is 14.9 Å². The van der Waals surface area contributed by atoms with E-state index in [0.29, 0.717) is 30.0 Å². The lowest BCUT2D eigenvalue weighted by atomic mass is 9.92. The van der Waals surface area contributed by atoms with Crippen LogP contribution in [0.3, 0.4) is 0 Å². The highest BCUT2D eigenvalue weighted by atomic mass is 35.6. The number of alkyl halides is 3. The lowest BCUT2D eigenvalue weighted by molar-refractivity contribution is -0.119. The van der Waals surface area contributed by atoms with Crippen LogP contribution < -0.4 is 10.6 Å². The number of imide groups is 1. The Labute approximate surface area is 238 Å². The van der Waals surface area contributed by atoms with E-state index in [1.165, 1.54) is 24.3 Å². The van der Waals surface area contributed by atoms with Crippen molar-refractivity contribution in [2.45, 2.75) is 49.4 Å². The number of thiophene rings is 1. The molecule has 0 aliphatic carbocycles. The van der Waals surface area contributed by atoms with Crippen molar-refractivity contribution in [3.63, 3.8) is 0 Å². The van der Waals surface area contributed by atoms with E-state index in [0.717, 1.165) is 17.8 Å². The molecule has 2 aromatic rings. The number of urea groups is 1. The molecule has 3 rings (SSSR count). The van der Waals surface area contributed by atoms with E-state index in [1.807, 2.05) is 5.32 Å². The topological polar surface area (TPSA) is 105 Å². The Morgan fingerprint density at radius 3 is 2.50 bits per heavy atom. The van der Waals surface area contributed by atoms with Crippen molar-refractivity contribution in [2.75, 3.05) is 18.4 Å². The second-order valence-corrected chi connectivity index (χ2v) is 13.2. The number of piperidine rings is 1. The van der Waals surface area contributed by atoms with Gasteiger partial charge in [-0.25, -0.2) is 14.0 Å². The number of rotatable bonds is 5. The number of hydrogen-bond acceptors (Lipinski definition) is 6. The summed E-state index contributed by atoms with van der Waals surface area (Å²) in [4.78, 5) is 52.5. The van der Waals surface area contributed by atoms with E-state index in [2.05, 4.69) is 5.32 Å². The molecule has 1 aliphatic rings. The number of anilines is 1. The van der Waals surface area contributed by atoms with Gasteiger partial charge >= 0.3 is 12.1 Å². The minimum absolute atomic E-state index is 0.103. The normalized spacial score (nSPS) is 16.1. The molecule has 0 radical (unpaired) electrons. The predicted octanol–water partition coefficient (Wildman–Crippen LogP) is 6.79. The fourth-order valence-electron chi connectivity index (χ4n) is 3.88. The Kier molecular flexibility index (Phi) is 9.67. The molecular formula is C25H27Cl3FN3O5S. The van der Waals surface area contributed by atoms with Gasteiger partial charge in [0, 0.05) is 24.4 Å². The van der Waals surface area contributed by atoms with Gasteiger partial charge in [-0.15, -0.1) is 11.3 Å². The van der Waals surface area contributed by atoms with Crippen LogP contribution in [0.1, 0.15) is 49.7 Å². The molecule has 0 unspecified atom stereocenters. The third-order valence-electron chi connectivity index (χ3n) is 5.47. The number of likely N-dealkylation sites (tertiary alicyclic amines) is 1. The molecule has 0 spiro atoms. The molecule has 13 heteroatoms. The second kappa shape index (κ2) is 12.2. The van der Waals surface area contributed by atoms with Gasteiger partial charge in [0.15, 0.2) is 5.78 Å². The Morgan fingerprint density at radius 1 is 1.16 bits per heavy atom. The van der Waals surface area contributed by atoms with Crippen LogP contribution in [0.2, 0.25) is 0 Å². The van der Waals surface area contributed by atoms with Gasteiger partial charge < -0.3 is 15.0 Å². The number of ketones is 1. The van der Waals surface area contributed by atoms with Crippen LogP contribution >= 0.6 is 46.1 Å². The molecule has 1 aromatic carbocycles. The summed E-state index contributed by atoms with van der Waals surface area (Å²) in [6, 6.07) is 6.29. The van der Waals surface area contributed by atoms with Crippen LogP contribution in [0.15, 0.2) is 30.3 Å². The zero-order valence-corrected chi connectivity index (χ0v) is 24.0. The molecule has 206 valence electrons. The molecule has 1 atom stereocenters. The van der Waals surface area contributed by atoms with Crippen LogP contribution in [0.4, 0.5) is 19.7 Å². The predicted molar refractivity (Wildman–Crippen MR) is 147 cm³/mol. The number of nitrogens with zero attached hydrogens (tertiary/aromatic N) is 1. The van der Waals surface area contributed by atoms with Gasteiger partial charge in [0.1, 0.15) is 11.4 Å². The summed E-state index contributed by atoms with van der Waals surface area (Å²) in [5.74, 6) is -2.04. The molecule has 0 bridgehead atoms. The SMILES string of the molecule is CC(C)(C)OC(=O)N1CCC[C@H](CC(=O)c2sc(-c3cccc(F)c3)cc2NC(=O)NC(=O)C(Cl)(Cl)Cl)C1. The molecule has 38 heavy (non-hydrogen) atoms. The Morgan fingerprint density at radius 2 is 1.87 bits per heavy atom. The maximum atomic E-state index is 13.8. The average molecular weight is 607 g/mol. The number of nitrogens with one attached hydrogen (secondary N) is 2. The van der Waals surface area contributed by atoms with Crippen molar-refractivity contribution in [2.24, 2.45) is 5.92 Å². The number of Topliss-reactive ketones (excluding diaryl/α,β-unsaturated/α-hetero) is 1. The minimum Gasteiger partial charge on any atom is -0.444 e. The van der Waals surface area contributed by atoms with Crippen molar-refractivity contribution in [3.05, 3.63) is 41.0 Å². The summed E-state index contributed by atoms with van der Waals surface area (Å²) < 4.78 is 16.9. The number of ether oxygens (including phenoxy) is 1. The van der Waals surface area contributed by atoms with Crippen molar-refractivity contribution in [1.82, 2.24) is 10.2 Å². The van der Waals surface area contributed by atoms with E-state index in [-0.39, 0.29) is 28.7 Å². The van der Waals surface area contributed by atoms with E-state index < -0.39 is 33.2 Å². The van der Waals surface area contributed by atoms with Crippen molar-refractivity contribution >= 4 is 75.6 Å². The van der Waals surface area contributed by atoms with Crippen LogP contribution in [0.5, 0.6) is 0 Å². The molecule has 1 saturated heterocycles. The number of carbonyl (C=O) groups excluding carboxylic acids is 4. The zero-order valence-electron chi connectivity index (χ0n) is 20.9. The molecule has 8 nitrogen and oxygen atoms in total. The van der Waals surface area contributed by atoms with Gasteiger partial charge in [0.2, 0.25) is 0 Å². The third-order valence-corrected chi connectivity index (χ3v) is 7.21. The average Bonchev–Trinajstić information content (AvgIpc) is 3.21. The largest absolute Gasteiger partial charge is 0.444 e. The number of halogens is 4. The minimum atomic E-state index is -2.36. The molecule has 2 N–H and O–H groups in total. The van der Waals surface area contributed by atoms with Crippen LogP contribution in [0, 0.1) is 11.7 Å². The first-order valence-corrected chi connectivity index (χ1v) is 13.7. The maximum absolute atomic E-state index is 13.8. The van der Waals surface area contributed by atoms with Crippen LogP contribution in [-0.2, 0) is 9.53 Å². The lowest BCUT2D eigenvalue weighted by Gasteiger charge is -2.33. The highest BCUT2D eigenvalue weighted by Gasteiger charge is 2.33. The Balaban J connectivity index is 1.81. The quantitative estimate of drug-likeness (QED) is 0.288. The van der Waals surface area contributed by atoms with Gasteiger partial charge in [-0.2, -0.15) is 0 Å². The molecule has 4 amide bonds. The van der Waals surface area contributed by atoms with E-state index >= 15 is 0 Å². The van der Waals surface area contributed by atoms with Gasteiger partial charge in [0.05, 0.1) is 10.6 Å². The number of benzene rings is 1. The lowest BCUT2D eigenvalue weighted by Crippen LogP contribution is -2.43. The monoisotopic (exact) mass is 605 g/mol. The molecule has 0 saturated carbocycles. The second-order valence-electron chi connectivity index (χ2n) is 9.83. The first-order chi connectivity index (χ1) is 17.6. The van der Waals surface area contributed by atoms with Gasteiger partial charge in [0.25, 0.3) is 9.70 Å². The van der Waals surface area contributed by atoms with E-state index in [9.17, 15) is 23.6 Å². The van der Waals surface area contributed by atoms with E-state index in [4.69, 9.17) is 39.5 Å². The molecule has 1 fully saturated rings. The summed E-state index contributed by atoms with van der Waals surface area (Å²) in [6.07, 6.45) is 1.11. The maximum Gasteiger partial charge on any atom is 0.410 e. The molecule has 1 aliphatic heterocycles. The van der Waals surface area contributed by atoms with Crippen molar-refractivity contribution < 1.29 is 28.3 Å². The molecule has 2 heterocycles. The fourth-order valence-corrected chi connectivity index (χ4v) is 5.08. The summed E-state index contributed by atoms with van der Waals surface area (Å²) >= 11 is 17.6. The summed E-state index contributed by atoms with van der Waals surface area (Å²) in [5, 5.41) is 4.36. The Bertz CT molecular complexity index is 1230. The van der Waals surface area contributed by atoms with E-state index in [1.54, 1.807) is 31.7 Å². The highest BCUT2D eigenvalue weighted by Crippen LogP contribution is 2.37. The number of amides is 4. The van der Waals surface area contributed by atoms with Crippen LogP contribution in [-0.4, -0.2) is 51.2 Å². The van der Waals surface area contributed by atoms with Gasteiger partial charge in [-0.1, -0.05) is 46.9 Å². The smallest absolute Gasteiger partial charge is 0.410 e. The fraction of sp³-hybridized carbons (Fsp3) is 0.440. The van der Waals surface area contributed by atoms with Crippen molar-refractivity contribution in [3.8, 4) is 10.4 Å². The molecule has 1 aromatic heterocycles. The standard InChI is InChI=1S/C25H27Cl3FN3O5S/c1-24(2,3)37-23(36)32-9-5-6-14(13-32)10-18(33)20-17(30-22(35)31-21(34)25(26,27)28)12-19(38-20)15-7-4-8-16(29)11-15/h4,7-8,11-12,14H,5-6,9-10,13H2,1-3H3,(H2,30,31,34,35)/t14-/m1/s1. The first-order valence-electron chi connectivity index (χ1n) is 11.7. The van der Waals surface area contributed by atoms with Crippen molar-refractivity contribution in [1.29, 1.82) is 0 Å². The summed E-state index contributed by atoms with van der Waals surface area (Å²) in [5.41, 5.74) is -0.0137. The number of hydrogen-bond donors (Lipinski definition) is 2. The number of carbonyl (C=O) groups is 4. The summed E-state index contributed by atoms with van der Waals surface area (Å²) in [7, 11) is 0. The molecular weight excluding hydrogens is 580 g/mol. The zero-order chi connectivity index (χ0) is 28.3. The van der Waals surface area contributed by atoms with Crippen LogP contribution in [0.25, 0.3) is 10.4 Å². The highest BCUT2D eigenvalue weighted by molar-refractivity contribution is 7.18. The first kappa shape index (κ1) is 30.1. The summed E-state index contributed by atoms with van der Waals surface area (Å²) in [6.45, 7) is 6.24.